The molecule has 3 aromatic carbocycles. The fourth-order valence-electron chi connectivity index (χ4n) is 7.36. The first kappa shape index (κ1) is 27.8. The summed E-state index contributed by atoms with van der Waals surface area (Å²) in [6.45, 7) is 2.70. The van der Waals surface area contributed by atoms with E-state index in [0.29, 0.717) is 54.1 Å². The number of hydrogen-bond donors (Lipinski definition) is 1. The molecule has 1 amide bonds. The summed E-state index contributed by atoms with van der Waals surface area (Å²) in [7, 11) is 2.10. The quantitative estimate of drug-likeness (QED) is 0.252. The smallest absolute Gasteiger partial charge is 0.256 e. The second-order valence-corrected chi connectivity index (χ2v) is 12.5. The van der Waals surface area contributed by atoms with Crippen LogP contribution in [-0.2, 0) is 0 Å². The van der Waals surface area contributed by atoms with E-state index in [-0.39, 0.29) is 16.9 Å². The van der Waals surface area contributed by atoms with Gasteiger partial charge in [-0.15, -0.1) is 0 Å². The Morgan fingerprint density at radius 2 is 1.89 bits per heavy atom. The van der Waals surface area contributed by atoms with Crippen molar-refractivity contribution in [3.05, 3.63) is 100 Å². The van der Waals surface area contributed by atoms with Crippen LogP contribution in [0.5, 0.6) is 11.5 Å². The highest BCUT2D eigenvalue weighted by Gasteiger charge is 2.34. The third kappa shape index (κ3) is 4.73. The van der Waals surface area contributed by atoms with E-state index < -0.39 is 17.2 Å². The Balaban J connectivity index is 1.24. The van der Waals surface area contributed by atoms with Crippen molar-refractivity contribution >= 4 is 33.3 Å². The van der Waals surface area contributed by atoms with Gasteiger partial charge in [0.1, 0.15) is 16.8 Å². The van der Waals surface area contributed by atoms with Gasteiger partial charge >= 0.3 is 0 Å². The van der Waals surface area contributed by atoms with Gasteiger partial charge in [0.15, 0.2) is 17.3 Å². The number of nitrogens with one attached hydrogen (secondary N) is 1. The fourth-order valence-corrected chi connectivity index (χ4v) is 7.36. The van der Waals surface area contributed by atoms with Gasteiger partial charge in [-0.25, -0.2) is 4.39 Å². The van der Waals surface area contributed by atoms with E-state index in [2.05, 4.69) is 22.2 Å². The van der Waals surface area contributed by atoms with E-state index in [0.717, 1.165) is 48.7 Å². The van der Waals surface area contributed by atoms with Crippen LogP contribution in [0, 0.1) is 5.82 Å². The monoisotopic (exact) mass is 603 g/mol. The number of fused-ring (bicyclic) bond motifs is 3. The predicted molar refractivity (Wildman–Crippen MR) is 173 cm³/mol. The van der Waals surface area contributed by atoms with Gasteiger partial charge in [-0.1, -0.05) is 30.3 Å². The number of halogens is 1. The van der Waals surface area contributed by atoms with Crippen molar-refractivity contribution in [2.45, 2.75) is 37.6 Å². The molecule has 9 heteroatoms. The molecular weight excluding hydrogens is 569 g/mol. The maximum absolute atomic E-state index is 16.3. The molecule has 2 unspecified atom stereocenters. The highest BCUT2D eigenvalue weighted by molar-refractivity contribution is 6.02. The van der Waals surface area contributed by atoms with Gasteiger partial charge in [0, 0.05) is 49.7 Å². The zero-order valence-electron chi connectivity index (χ0n) is 25.1. The number of likely N-dealkylation sites (tertiary alicyclic amines) is 1. The molecule has 45 heavy (non-hydrogen) atoms. The molecule has 0 radical (unpaired) electrons. The normalized spacial score (nSPS) is 19.2. The Kier molecular flexibility index (Phi) is 6.78. The highest BCUT2D eigenvalue weighted by atomic mass is 19.1. The molecule has 2 fully saturated rings. The van der Waals surface area contributed by atoms with Gasteiger partial charge in [-0.05, 0) is 80.4 Å². The predicted octanol–water partition coefficient (Wildman–Crippen LogP) is 5.99. The molecule has 8 rings (SSSR count). The minimum Gasteiger partial charge on any atom is -0.451 e. The average molecular weight is 604 g/mol. The third-order valence-corrected chi connectivity index (χ3v) is 9.76. The molecule has 3 aliphatic heterocycles. The van der Waals surface area contributed by atoms with Crippen LogP contribution in [-0.4, -0.2) is 59.6 Å². The lowest BCUT2D eigenvalue weighted by molar-refractivity contribution is 0.0949. The van der Waals surface area contributed by atoms with Gasteiger partial charge < -0.3 is 24.4 Å². The minimum atomic E-state index is -0.547. The number of ether oxygens (including phenoxy) is 1. The van der Waals surface area contributed by atoms with Crippen LogP contribution in [0.2, 0.25) is 0 Å². The lowest BCUT2D eigenvalue weighted by atomic mass is 10.0. The summed E-state index contributed by atoms with van der Waals surface area (Å²) in [4.78, 5) is 36.3. The van der Waals surface area contributed by atoms with Crippen LogP contribution in [0.1, 0.15) is 47.7 Å². The highest BCUT2D eigenvalue weighted by Crippen LogP contribution is 2.48. The van der Waals surface area contributed by atoms with Crippen molar-refractivity contribution in [3.63, 3.8) is 0 Å². The minimum absolute atomic E-state index is 0.0160. The lowest BCUT2D eigenvalue weighted by Crippen LogP contribution is -2.34. The Morgan fingerprint density at radius 1 is 1.07 bits per heavy atom. The summed E-state index contributed by atoms with van der Waals surface area (Å²) in [5.74, 6) is -0.0275. The number of amides is 1. The molecule has 2 atom stereocenters. The molecule has 0 aliphatic carbocycles. The van der Waals surface area contributed by atoms with Gasteiger partial charge in [0.2, 0.25) is 5.43 Å². The SMILES string of the molecule is CN1CCCC1CCNC(=O)c1cn2c3c(c(N4CCC(c5ccccn5)C4)c(F)cc3c1=O)Oc1cc3ccccc3cc1-2. The summed E-state index contributed by atoms with van der Waals surface area (Å²) < 4.78 is 24.7. The zero-order valence-corrected chi connectivity index (χ0v) is 25.1. The van der Waals surface area contributed by atoms with Crippen LogP contribution < -0.4 is 20.4 Å². The summed E-state index contributed by atoms with van der Waals surface area (Å²) in [6.07, 6.45) is 7.26. The molecule has 8 nitrogen and oxygen atoms in total. The molecule has 1 N–H and O–H groups in total. The molecular formula is C36H34FN5O3. The molecule has 5 heterocycles. The number of hydrogen-bond acceptors (Lipinski definition) is 6. The van der Waals surface area contributed by atoms with Crippen molar-refractivity contribution in [2.75, 3.05) is 38.1 Å². The molecule has 2 aromatic heterocycles. The first-order valence-electron chi connectivity index (χ1n) is 15.7. The van der Waals surface area contributed by atoms with Crippen LogP contribution >= 0.6 is 0 Å². The summed E-state index contributed by atoms with van der Waals surface area (Å²) in [5, 5.41) is 5.04. The number of aromatic nitrogens is 2. The summed E-state index contributed by atoms with van der Waals surface area (Å²) >= 11 is 0. The van der Waals surface area contributed by atoms with Crippen LogP contribution in [0.4, 0.5) is 10.1 Å². The number of rotatable bonds is 6. The standard InChI is InChI=1S/C36H34FN5O3/c1-40-15-6-9-25(40)11-14-39-36(44)27-21-42-30-17-22-7-2-3-8-23(22)18-31(30)45-35-32(42)26(34(27)43)19-28(37)33(35)41-16-12-24(20-41)29-10-4-5-13-38-29/h2-5,7-8,10,13,17-19,21,24-25H,6,9,11-12,14-16,20H2,1H3,(H,39,44). The third-order valence-electron chi connectivity index (χ3n) is 9.76. The Morgan fingerprint density at radius 3 is 2.67 bits per heavy atom. The fraction of sp³-hybridized carbons (Fsp3) is 0.306. The van der Waals surface area contributed by atoms with E-state index in [1.807, 2.05) is 64.1 Å². The van der Waals surface area contributed by atoms with Crippen LogP contribution in [0.25, 0.3) is 27.4 Å². The first-order chi connectivity index (χ1) is 22.0. The molecule has 0 saturated carbocycles. The van der Waals surface area contributed by atoms with Gasteiger partial charge in [0.05, 0.1) is 11.1 Å². The maximum atomic E-state index is 16.3. The largest absolute Gasteiger partial charge is 0.451 e. The summed E-state index contributed by atoms with van der Waals surface area (Å²) in [6, 6.07) is 19.4. The van der Waals surface area contributed by atoms with Crippen molar-refractivity contribution in [1.82, 2.24) is 19.8 Å². The van der Waals surface area contributed by atoms with Crippen molar-refractivity contribution in [3.8, 4) is 17.2 Å². The Bertz CT molecular complexity index is 2030. The molecule has 228 valence electrons. The summed E-state index contributed by atoms with van der Waals surface area (Å²) in [5.41, 5.74) is 1.93. The molecule has 0 spiro atoms. The molecule has 2 saturated heterocycles. The van der Waals surface area contributed by atoms with E-state index in [4.69, 9.17) is 4.74 Å². The van der Waals surface area contributed by atoms with Gasteiger partial charge in [0.25, 0.3) is 5.91 Å². The lowest BCUT2D eigenvalue weighted by Gasteiger charge is -2.29. The second-order valence-electron chi connectivity index (χ2n) is 12.5. The van der Waals surface area contributed by atoms with Crippen molar-refractivity contribution in [1.29, 1.82) is 0 Å². The molecule has 0 bridgehead atoms. The molecule has 3 aliphatic rings. The molecule has 5 aromatic rings. The van der Waals surface area contributed by atoms with E-state index >= 15 is 4.39 Å². The Labute approximate surface area is 260 Å². The second kappa shape index (κ2) is 11.0. The van der Waals surface area contributed by atoms with E-state index in [9.17, 15) is 9.59 Å². The number of carbonyl (C=O) groups is 1. The van der Waals surface area contributed by atoms with E-state index in [1.54, 1.807) is 12.4 Å². The number of carbonyl (C=O) groups excluding carboxylic acids is 1. The van der Waals surface area contributed by atoms with Crippen molar-refractivity contribution in [2.24, 2.45) is 0 Å². The van der Waals surface area contributed by atoms with Gasteiger partial charge in [-0.3, -0.25) is 14.6 Å². The number of benzene rings is 3. The number of nitrogens with zero attached hydrogens (tertiary/aromatic N) is 4. The van der Waals surface area contributed by atoms with Crippen LogP contribution in [0.15, 0.2) is 77.9 Å². The first-order valence-corrected chi connectivity index (χ1v) is 15.7. The number of anilines is 1. The maximum Gasteiger partial charge on any atom is 0.256 e. The topological polar surface area (TPSA) is 79.7 Å². The van der Waals surface area contributed by atoms with Crippen molar-refractivity contribution < 1.29 is 13.9 Å². The van der Waals surface area contributed by atoms with E-state index in [1.165, 1.54) is 6.07 Å². The average Bonchev–Trinajstić information content (AvgIpc) is 3.71. The van der Waals surface area contributed by atoms with Crippen LogP contribution in [0.3, 0.4) is 0 Å². The Hall–Kier alpha value is -4.76. The van der Waals surface area contributed by atoms with Gasteiger partial charge in [-0.2, -0.15) is 0 Å². The zero-order chi connectivity index (χ0) is 30.7. The number of pyridine rings is 2.